The zero-order chi connectivity index (χ0) is 16.6. The zero-order valence-electron chi connectivity index (χ0n) is 12.9. The second-order valence-corrected chi connectivity index (χ2v) is 5.72. The summed E-state index contributed by atoms with van der Waals surface area (Å²) in [4.78, 5) is 33.9. The minimum atomic E-state index is -1.11. The van der Waals surface area contributed by atoms with Crippen LogP contribution in [0.3, 0.4) is 0 Å². The van der Waals surface area contributed by atoms with Crippen LogP contribution in [0.4, 0.5) is 0 Å². The van der Waals surface area contributed by atoms with Gasteiger partial charge in [-0.3, -0.25) is 9.59 Å². The highest BCUT2D eigenvalue weighted by molar-refractivity contribution is 5.88. The molecule has 122 valence electrons. The number of hydrogen-bond acceptors (Lipinski definition) is 6. The fraction of sp³-hybridized carbons (Fsp3) is 0.769. The third-order valence-electron chi connectivity index (χ3n) is 2.45. The Balaban J connectivity index is 4.17. The van der Waals surface area contributed by atoms with Crippen LogP contribution in [-0.4, -0.2) is 60.1 Å². The van der Waals surface area contributed by atoms with Gasteiger partial charge in [0.1, 0.15) is 18.4 Å². The summed E-state index contributed by atoms with van der Waals surface area (Å²) in [5.41, 5.74) is 4.97. The highest BCUT2D eigenvalue weighted by Crippen LogP contribution is 2.06. The van der Waals surface area contributed by atoms with E-state index in [1.807, 2.05) is 20.8 Å². The van der Waals surface area contributed by atoms with Crippen LogP contribution >= 0.6 is 0 Å². The van der Waals surface area contributed by atoms with Crippen molar-refractivity contribution in [3.05, 3.63) is 0 Å². The minimum absolute atomic E-state index is 0.0415. The lowest BCUT2D eigenvalue weighted by Crippen LogP contribution is -2.51. The fourth-order valence-electron chi connectivity index (χ4n) is 1.22. The highest BCUT2D eigenvalue weighted by Gasteiger charge is 2.20. The molecule has 0 aromatic rings. The average Bonchev–Trinajstić information content (AvgIpc) is 2.38. The summed E-state index contributed by atoms with van der Waals surface area (Å²) in [5, 5.41) is 13.8. The molecule has 8 heteroatoms. The molecule has 5 N–H and O–H groups in total. The molecule has 0 aliphatic rings. The minimum Gasteiger partial charge on any atom is -0.391 e. The lowest BCUT2D eigenvalue weighted by molar-refractivity contribution is -0.129. The van der Waals surface area contributed by atoms with Crippen molar-refractivity contribution in [1.82, 2.24) is 10.6 Å². The molecule has 0 aromatic heterocycles. The number of aldehydes is 1. The van der Waals surface area contributed by atoms with E-state index in [4.69, 9.17) is 15.6 Å². The Hall–Kier alpha value is -1.51. The summed E-state index contributed by atoms with van der Waals surface area (Å²) in [6.07, 6.45) is -0.455. The van der Waals surface area contributed by atoms with Crippen molar-refractivity contribution >= 4 is 18.1 Å². The largest absolute Gasteiger partial charge is 0.391 e. The van der Waals surface area contributed by atoms with Crippen LogP contribution in [0.5, 0.6) is 0 Å². The first-order chi connectivity index (χ1) is 9.56. The van der Waals surface area contributed by atoms with Gasteiger partial charge < -0.3 is 31.0 Å². The molecule has 0 bridgehead atoms. The molecular formula is C13H25N3O5. The van der Waals surface area contributed by atoms with Gasteiger partial charge in [0.05, 0.1) is 24.9 Å². The van der Waals surface area contributed by atoms with Crippen LogP contribution in [0.1, 0.15) is 27.7 Å². The van der Waals surface area contributed by atoms with Gasteiger partial charge >= 0.3 is 0 Å². The predicted molar refractivity (Wildman–Crippen MR) is 76.4 cm³/mol. The maximum atomic E-state index is 11.6. The van der Waals surface area contributed by atoms with Crippen molar-refractivity contribution in [2.45, 2.75) is 51.5 Å². The van der Waals surface area contributed by atoms with E-state index >= 15 is 0 Å². The number of ether oxygens (including phenoxy) is 1. The van der Waals surface area contributed by atoms with Crippen LogP contribution in [0, 0.1) is 0 Å². The van der Waals surface area contributed by atoms with E-state index in [9.17, 15) is 14.4 Å². The van der Waals surface area contributed by atoms with Crippen LogP contribution in [0.15, 0.2) is 0 Å². The molecule has 0 rings (SSSR count). The molecule has 0 fully saturated rings. The predicted octanol–water partition coefficient (Wildman–Crippen LogP) is -1.69. The van der Waals surface area contributed by atoms with Crippen molar-refractivity contribution in [3.63, 3.8) is 0 Å². The second kappa shape index (κ2) is 8.71. The van der Waals surface area contributed by atoms with Gasteiger partial charge in [0, 0.05) is 0 Å². The molecule has 0 heterocycles. The number of aliphatic hydroxyl groups excluding tert-OH is 1. The molecule has 0 spiro atoms. The number of amides is 2. The third-order valence-corrected chi connectivity index (χ3v) is 2.45. The molecule has 21 heavy (non-hydrogen) atoms. The summed E-state index contributed by atoms with van der Waals surface area (Å²) >= 11 is 0. The van der Waals surface area contributed by atoms with E-state index in [1.165, 1.54) is 6.92 Å². The molecule has 8 nitrogen and oxygen atoms in total. The lowest BCUT2D eigenvalue weighted by Gasteiger charge is -2.22. The van der Waals surface area contributed by atoms with E-state index in [0.717, 1.165) is 0 Å². The third kappa shape index (κ3) is 9.11. The standard InChI is InChI=1S/C13H25N3O5/c1-8(18)11(14)12(20)15-5-10(19)16-9(6-17)7-21-13(2,3)4/h6,8-9,11,18H,5,7,14H2,1-4H3,(H,15,20)(H,16,19)/t8-,9+,11-/m0/s1. The summed E-state index contributed by atoms with van der Waals surface area (Å²) < 4.78 is 5.39. The van der Waals surface area contributed by atoms with Gasteiger partial charge in [-0.2, -0.15) is 0 Å². The van der Waals surface area contributed by atoms with Crippen molar-refractivity contribution in [2.75, 3.05) is 13.2 Å². The van der Waals surface area contributed by atoms with Gasteiger partial charge in [-0.15, -0.1) is 0 Å². The number of hydrogen-bond donors (Lipinski definition) is 4. The molecule has 2 amide bonds. The topological polar surface area (TPSA) is 131 Å². The van der Waals surface area contributed by atoms with E-state index in [1.54, 1.807) is 0 Å². The Morgan fingerprint density at radius 1 is 1.38 bits per heavy atom. The highest BCUT2D eigenvalue weighted by atomic mass is 16.5. The molecule has 0 saturated carbocycles. The lowest BCUT2D eigenvalue weighted by atomic mass is 10.2. The number of nitrogens with one attached hydrogen (secondary N) is 2. The molecule has 0 aliphatic heterocycles. The normalized spacial score (nSPS) is 15.7. The maximum absolute atomic E-state index is 11.6. The number of carbonyl (C=O) groups excluding carboxylic acids is 3. The average molecular weight is 303 g/mol. The molecule has 0 saturated heterocycles. The second-order valence-electron chi connectivity index (χ2n) is 5.72. The summed E-state index contributed by atoms with van der Waals surface area (Å²) in [6, 6.07) is -1.90. The molecular weight excluding hydrogens is 278 g/mol. The summed E-state index contributed by atoms with van der Waals surface area (Å²) in [6.45, 7) is 6.56. The molecule has 0 radical (unpaired) electrons. The van der Waals surface area contributed by atoms with Gasteiger partial charge in [-0.05, 0) is 27.7 Å². The SMILES string of the molecule is C[C@H](O)[C@H](N)C(=O)NCC(=O)N[C@H](C=O)COC(C)(C)C. The first-order valence-corrected chi connectivity index (χ1v) is 6.67. The van der Waals surface area contributed by atoms with E-state index in [0.29, 0.717) is 6.29 Å². The number of aliphatic hydroxyl groups is 1. The first kappa shape index (κ1) is 19.5. The Morgan fingerprint density at radius 2 is 1.95 bits per heavy atom. The van der Waals surface area contributed by atoms with Crippen molar-refractivity contribution < 1.29 is 24.2 Å². The number of rotatable bonds is 8. The van der Waals surface area contributed by atoms with E-state index < -0.39 is 35.6 Å². The van der Waals surface area contributed by atoms with Gasteiger partial charge in [-0.25, -0.2) is 0 Å². The Kier molecular flexibility index (Phi) is 8.08. The maximum Gasteiger partial charge on any atom is 0.240 e. The van der Waals surface area contributed by atoms with Crippen LogP contribution in [0.2, 0.25) is 0 Å². The molecule has 0 unspecified atom stereocenters. The molecule has 3 atom stereocenters. The van der Waals surface area contributed by atoms with E-state index in [2.05, 4.69) is 10.6 Å². The summed E-state index contributed by atoms with van der Waals surface area (Å²) in [7, 11) is 0. The van der Waals surface area contributed by atoms with Crippen LogP contribution < -0.4 is 16.4 Å². The van der Waals surface area contributed by atoms with Crippen molar-refractivity contribution in [3.8, 4) is 0 Å². The van der Waals surface area contributed by atoms with Gasteiger partial charge in [0.25, 0.3) is 0 Å². The van der Waals surface area contributed by atoms with Crippen LogP contribution in [0.25, 0.3) is 0 Å². The van der Waals surface area contributed by atoms with Gasteiger partial charge in [-0.1, -0.05) is 0 Å². The molecule has 0 aromatic carbocycles. The van der Waals surface area contributed by atoms with Gasteiger partial charge in [0.15, 0.2) is 0 Å². The monoisotopic (exact) mass is 303 g/mol. The number of nitrogens with two attached hydrogens (primary N) is 1. The fourth-order valence-corrected chi connectivity index (χ4v) is 1.22. The first-order valence-electron chi connectivity index (χ1n) is 6.67. The molecule has 0 aliphatic carbocycles. The van der Waals surface area contributed by atoms with Gasteiger partial charge in [0.2, 0.25) is 11.8 Å². The Morgan fingerprint density at radius 3 is 2.38 bits per heavy atom. The zero-order valence-corrected chi connectivity index (χ0v) is 12.9. The van der Waals surface area contributed by atoms with E-state index in [-0.39, 0.29) is 13.2 Å². The Labute approximate surface area is 124 Å². The van der Waals surface area contributed by atoms with Crippen LogP contribution in [-0.2, 0) is 19.1 Å². The van der Waals surface area contributed by atoms with Crippen molar-refractivity contribution in [1.29, 1.82) is 0 Å². The Bertz CT molecular complexity index is 365. The summed E-state index contributed by atoms with van der Waals surface area (Å²) in [5.74, 6) is -1.19. The van der Waals surface area contributed by atoms with Crippen molar-refractivity contribution in [2.24, 2.45) is 5.73 Å². The smallest absolute Gasteiger partial charge is 0.240 e. The number of carbonyl (C=O) groups is 3. The quantitative estimate of drug-likeness (QED) is 0.396.